The topological polar surface area (TPSA) is 110 Å². The van der Waals surface area contributed by atoms with Crippen LogP contribution in [-0.4, -0.2) is 31.6 Å². The van der Waals surface area contributed by atoms with Gasteiger partial charge in [0.05, 0.1) is 6.10 Å². The van der Waals surface area contributed by atoms with E-state index in [1.807, 2.05) is 0 Å². The average Bonchev–Trinajstić information content (AvgIpc) is 2.43. The molecule has 0 aromatic heterocycles. The SMILES string of the molecule is Oc1cc(O)c2c(c1)OC(c1cc(O)c(O)cc1F)C(O)C2. The number of phenolic OH excluding ortho intramolecular Hbond substituents is 4. The van der Waals surface area contributed by atoms with Gasteiger partial charge in [0.25, 0.3) is 0 Å². The molecule has 0 amide bonds. The molecule has 2 atom stereocenters. The van der Waals surface area contributed by atoms with Gasteiger partial charge in [0.2, 0.25) is 0 Å². The monoisotopic (exact) mass is 308 g/mol. The maximum Gasteiger partial charge on any atom is 0.160 e. The standard InChI is InChI=1S/C15H13FO6/c16-9-5-12(20)11(19)3-7(9)15-13(21)4-8-10(18)1-6(17)2-14(8)22-15/h1-3,5,13,15,17-21H,4H2. The summed E-state index contributed by atoms with van der Waals surface area (Å²) in [7, 11) is 0. The molecule has 0 radical (unpaired) electrons. The highest BCUT2D eigenvalue weighted by atomic mass is 19.1. The Morgan fingerprint density at radius 1 is 0.955 bits per heavy atom. The van der Waals surface area contributed by atoms with E-state index < -0.39 is 29.5 Å². The first-order chi connectivity index (χ1) is 10.4. The molecule has 0 fully saturated rings. The van der Waals surface area contributed by atoms with Crippen LogP contribution in [0.2, 0.25) is 0 Å². The molecule has 116 valence electrons. The first-order valence-electron chi connectivity index (χ1n) is 6.47. The minimum absolute atomic E-state index is 0.0206. The summed E-state index contributed by atoms with van der Waals surface area (Å²) < 4.78 is 19.4. The molecule has 0 saturated heterocycles. The maximum absolute atomic E-state index is 14.0. The van der Waals surface area contributed by atoms with Gasteiger partial charge in [-0.1, -0.05) is 0 Å². The Labute approximate surface area is 124 Å². The van der Waals surface area contributed by atoms with Gasteiger partial charge in [-0.05, 0) is 6.07 Å². The Hall–Kier alpha value is -2.67. The number of aromatic hydroxyl groups is 4. The number of hydrogen-bond donors (Lipinski definition) is 5. The predicted octanol–water partition coefficient (Wildman–Crippen LogP) is 1.69. The largest absolute Gasteiger partial charge is 0.508 e. The second-order valence-electron chi connectivity index (χ2n) is 5.11. The summed E-state index contributed by atoms with van der Waals surface area (Å²) in [6.07, 6.45) is -2.35. The van der Waals surface area contributed by atoms with Crippen LogP contribution < -0.4 is 4.74 Å². The van der Waals surface area contributed by atoms with Crippen LogP contribution in [0, 0.1) is 5.82 Å². The summed E-state index contributed by atoms with van der Waals surface area (Å²) >= 11 is 0. The molecule has 1 aliphatic rings. The van der Waals surface area contributed by atoms with Crippen molar-refractivity contribution in [2.24, 2.45) is 0 Å². The number of halogens is 1. The molecule has 6 nitrogen and oxygen atoms in total. The third-order valence-corrected chi connectivity index (χ3v) is 3.59. The van der Waals surface area contributed by atoms with E-state index in [1.165, 1.54) is 6.07 Å². The Kier molecular flexibility index (Phi) is 3.22. The van der Waals surface area contributed by atoms with Crippen LogP contribution in [0.3, 0.4) is 0 Å². The molecule has 1 heterocycles. The van der Waals surface area contributed by atoms with E-state index in [4.69, 9.17) is 4.74 Å². The lowest BCUT2D eigenvalue weighted by Gasteiger charge is -2.31. The normalized spacial score (nSPS) is 20.3. The second kappa shape index (κ2) is 4.96. The van der Waals surface area contributed by atoms with E-state index in [-0.39, 0.29) is 29.2 Å². The van der Waals surface area contributed by atoms with Crippen LogP contribution in [0.5, 0.6) is 28.7 Å². The van der Waals surface area contributed by atoms with E-state index in [2.05, 4.69) is 0 Å². The fourth-order valence-electron chi connectivity index (χ4n) is 2.51. The molecular weight excluding hydrogens is 295 g/mol. The van der Waals surface area contributed by atoms with Crippen molar-refractivity contribution >= 4 is 0 Å². The minimum Gasteiger partial charge on any atom is -0.508 e. The smallest absolute Gasteiger partial charge is 0.160 e. The fraction of sp³-hybridized carbons (Fsp3) is 0.200. The summed E-state index contributed by atoms with van der Waals surface area (Å²) in [5.74, 6) is -2.38. The lowest BCUT2D eigenvalue weighted by molar-refractivity contribution is 0.0177. The zero-order valence-electron chi connectivity index (χ0n) is 11.2. The number of hydrogen-bond acceptors (Lipinski definition) is 6. The van der Waals surface area contributed by atoms with Gasteiger partial charge in [-0.2, -0.15) is 0 Å². The quantitative estimate of drug-likeness (QED) is 0.513. The number of fused-ring (bicyclic) bond motifs is 1. The molecule has 0 saturated carbocycles. The highest BCUT2D eigenvalue weighted by Gasteiger charge is 2.34. The van der Waals surface area contributed by atoms with Gasteiger partial charge in [-0.3, -0.25) is 0 Å². The van der Waals surface area contributed by atoms with Crippen molar-refractivity contribution in [3.8, 4) is 28.7 Å². The summed E-state index contributed by atoms with van der Waals surface area (Å²) in [4.78, 5) is 0. The van der Waals surface area contributed by atoms with Crippen molar-refractivity contribution < 1.29 is 34.7 Å². The van der Waals surface area contributed by atoms with Crippen LogP contribution in [-0.2, 0) is 6.42 Å². The van der Waals surface area contributed by atoms with Crippen LogP contribution >= 0.6 is 0 Å². The molecule has 7 heteroatoms. The first-order valence-corrected chi connectivity index (χ1v) is 6.47. The highest BCUT2D eigenvalue weighted by Crippen LogP contribution is 2.43. The van der Waals surface area contributed by atoms with Crippen molar-refractivity contribution in [2.75, 3.05) is 0 Å². The minimum atomic E-state index is -1.18. The van der Waals surface area contributed by atoms with Gasteiger partial charge >= 0.3 is 0 Å². The van der Waals surface area contributed by atoms with Gasteiger partial charge < -0.3 is 30.3 Å². The van der Waals surface area contributed by atoms with Gasteiger partial charge in [0.15, 0.2) is 17.6 Å². The molecule has 5 N–H and O–H groups in total. The summed E-state index contributed by atoms with van der Waals surface area (Å²) in [6, 6.07) is 4.04. The Balaban J connectivity index is 2.05. The zero-order valence-corrected chi connectivity index (χ0v) is 11.2. The van der Waals surface area contributed by atoms with Crippen molar-refractivity contribution in [1.82, 2.24) is 0 Å². The van der Waals surface area contributed by atoms with Gasteiger partial charge in [-0.15, -0.1) is 0 Å². The van der Waals surface area contributed by atoms with E-state index in [0.717, 1.165) is 18.2 Å². The predicted molar refractivity (Wildman–Crippen MR) is 72.6 cm³/mol. The summed E-state index contributed by atoms with van der Waals surface area (Å²) in [5, 5.41) is 48.1. The Bertz CT molecular complexity index is 745. The van der Waals surface area contributed by atoms with E-state index in [0.29, 0.717) is 5.56 Å². The summed E-state index contributed by atoms with van der Waals surface area (Å²) in [5.41, 5.74) is 0.154. The van der Waals surface area contributed by atoms with Crippen LogP contribution in [0.25, 0.3) is 0 Å². The fourth-order valence-corrected chi connectivity index (χ4v) is 2.51. The molecule has 0 bridgehead atoms. The van der Waals surface area contributed by atoms with E-state index >= 15 is 0 Å². The molecule has 22 heavy (non-hydrogen) atoms. The maximum atomic E-state index is 14.0. The highest BCUT2D eigenvalue weighted by molar-refractivity contribution is 5.52. The molecule has 2 unspecified atom stereocenters. The van der Waals surface area contributed by atoms with Crippen molar-refractivity contribution in [3.05, 3.63) is 41.2 Å². The molecular formula is C15H13FO6. The number of aliphatic hydroxyl groups excluding tert-OH is 1. The molecule has 0 spiro atoms. The van der Waals surface area contributed by atoms with Crippen molar-refractivity contribution in [2.45, 2.75) is 18.6 Å². The molecule has 2 aromatic rings. The molecule has 1 aliphatic heterocycles. The van der Waals surface area contributed by atoms with Gasteiger partial charge in [-0.25, -0.2) is 4.39 Å². The van der Waals surface area contributed by atoms with E-state index in [1.54, 1.807) is 0 Å². The lowest BCUT2D eigenvalue weighted by Crippen LogP contribution is -2.31. The number of rotatable bonds is 1. The number of ether oxygens (including phenoxy) is 1. The Morgan fingerprint density at radius 2 is 1.64 bits per heavy atom. The Morgan fingerprint density at radius 3 is 2.36 bits per heavy atom. The molecule has 3 rings (SSSR count). The average molecular weight is 308 g/mol. The van der Waals surface area contributed by atoms with Gasteiger partial charge in [0.1, 0.15) is 23.1 Å². The van der Waals surface area contributed by atoms with Crippen molar-refractivity contribution in [3.63, 3.8) is 0 Å². The third kappa shape index (κ3) is 2.25. The zero-order chi connectivity index (χ0) is 16.0. The first kappa shape index (κ1) is 14.3. The number of phenols is 4. The van der Waals surface area contributed by atoms with Crippen molar-refractivity contribution in [1.29, 1.82) is 0 Å². The summed E-state index contributed by atoms with van der Waals surface area (Å²) in [6.45, 7) is 0. The second-order valence-corrected chi connectivity index (χ2v) is 5.11. The van der Waals surface area contributed by atoms with Gasteiger partial charge in [0, 0.05) is 35.7 Å². The number of aliphatic hydroxyl groups is 1. The van der Waals surface area contributed by atoms with E-state index in [9.17, 15) is 29.9 Å². The molecule has 0 aliphatic carbocycles. The third-order valence-electron chi connectivity index (χ3n) is 3.59. The number of benzene rings is 2. The molecule has 2 aromatic carbocycles. The van der Waals surface area contributed by atoms with Crippen LogP contribution in [0.15, 0.2) is 24.3 Å². The van der Waals surface area contributed by atoms with Crippen LogP contribution in [0.1, 0.15) is 17.2 Å². The van der Waals surface area contributed by atoms with Crippen LogP contribution in [0.4, 0.5) is 4.39 Å². The lowest BCUT2D eigenvalue weighted by atomic mass is 9.93.